The summed E-state index contributed by atoms with van der Waals surface area (Å²) in [6.07, 6.45) is -3.04. The van der Waals surface area contributed by atoms with Crippen molar-refractivity contribution in [3.8, 4) is 0 Å². The van der Waals surface area contributed by atoms with Gasteiger partial charge in [0, 0.05) is 29.2 Å². The number of fused-ring (bicyclic) bond motifs is 2. The summed E-state index contributed by atoms with van der Waals surface area (Å²) in [5.74, 6) is -0.192. The Morgan fingerprint density at radius 3 is 2.62 bits per heavy atom. The van der Waals surface area contributed by atoms with Gasteiger partial charge in [0.25, 0.3) is 5.91 Å². The van der Waals surface area contributed by atoms with Crippen molar-refractivity contribution in [1.29, 1.82) is 0 Å². The number of amides is 1. The summed E-state index contributed by atoms with van der Waals surface area (Å²) >= 11 is 3.35. The zero-order chi connectivity index (χ0) is 22.5. The Morgan fingerprint density at radius 2 is 1.88 bits per heavy atom. The largest absolute Gasteiger partial charge is 0.410 e. The maximum Gasteiger partial charge on any atom is 0.410 e. The number of anilines is 2. The first-order valence-corrected chi connectivity index (χ1v) is 11.2. The number of benzene rings is 2. The maximum atomic E-state index is 13.9. The van der Waals surface area contributed by atoms with E-state index in [1.54, 1.807) is 29.2 Å². The van der Waals surface area contributed by atoms with Crippen molar-refractivity contribution in [1.82, 2.24) is 9.78 Å². The van der Waals surface area contributed by atoms with Gasteiger partial charge in [0.15, 0.2) is 11.7 Å². The van der Waals surface area contributed by atoms with Crippen LogP contribution < -0.4 is 10.2 Å². The first kappa shape index (κ1) is 21.1. The van der Waals surface area contributed by atoms with Gasteiger partial charge in [-0.1, -0.05) is 46.3 Å². The molecule has 2 aliphatic heterocycles. The van der Waals surface area contributed by atoms with Crippen LogP contribution >= 0.6 is 15.9 Å². The molecule has 0 bridgehead atoms. The van der Waals surface area contributed by atoms with Crippen LogP contribution in [0.1, 0.15) is 46.5 Å². The van der Waals surface area contributed by atoms with E-state index >= 15 is 0 Å². The number of nitrogens with zero attached hydrogens (tertiary/aromatic N) is 3. The first-order chi connectivity index (χ1) is 15.3. The molecule has 3 aromatic rings. The molecule has 3 heterocycles. The zero-order valence-corrected chi connectivity index (χ0v) is 18.5. The molecule has 0 spiro atoms. The number of hydrogen-bond donors (Lipinski definition) is 1. The molecule has 2 unspecified atom stereocenters. The molecule has 32 heavy (non-hydrogen) atoms. The number of aryl methyl sites for hydroxylation is 1. The molecular weight excluding hydrogens is 485 g/mol. The first-order valence-electron chi connectivity index (χ1n) is 10.4. The monoisotopic (exact) mass is 504 g/mol. The van der Waals surface area contributed by atoms with Crippen LogP contribution in [0.4, 0.5) is 24.7 Å². The highest BCUT2D eigenvalue weighted by molar-refractivity contribution is 9.10. The van der Waals surface area contributed by atoms with Gasteiger partial charge in [0.05, 0.1) is 6.04 Å². The van der Waals surface area contributed by atoms with Gasteiger partial charge in [-0.05, 0) is 42.2 Å². The SMILES string of the molecule is O=C(c1cc2n(n1)C(C(F)(F)F)CC(c1ccc(Br)cc1)N2)N1CCCc2ccccc21. The number of aromatic nitrogens is 2. The number of nitrogens with one attached hydrogen (secondary N) is 1. The van der Waals surface area contributed by atoms with Gasteiger partial charge in [-0.25, -0.2) is 4.68 Å². The van der Waals surface area contributed by atoms with Crippen LogP contribution in [0.3, 0.4) is 0 Å². The van der Waals surface area contributed by atoms with Crippen molar-refractivity contribution < 1.29 is 18.0 Å². The lowest BCUT2D eigenvalue weighted by atomic mass is 9.97. The van der Waals surface area contributed by atoms with Crippen LogP contribution in [0.25, 0.3) is 0 Å². The van der Waals surface area contributed by atoms with E-state index in [4.69, 9.17) is 0 Å². The van der Waals surface area contributed by atoms with Crippen LogP contribution in [0, 0.1) is 0 Å². The molecule has 0 radical (unpaired) electrons. The van der Waals surface area contributed by atoms with E-state index in [0.717, 1.165) is 38.8 Å². The Morgan fingerprint density at radius 1 is 1.12 bits per heavy atom. The molecule has 2 atom stereocenters. The highest BCUT2D eigenvalue weighted by Gasteiger charge is 2.47. The summed E-state index contributed by atoms with van der Waals surface area (Å²) < 4.78 is 43.6. The Kier molecular flexibility index (Phi) is 5.23. The van der Waals surface area contributed by atoms with Crippen LogP contribution in [0.5, 0.6) is 0 Å². The number of halogens is 4. The average Bonchev–Trinajstić information content (AvgIpc) is 3.21. The van der Waals surface area contributed by atoms with Gasteiger partial charge < -0.3 is 10.2 Å². The third-order valence-corrected chi connectivity index (χ3v) is 6.57. The second-order valence-corrected chi connectivity index (χ2v) is 9.01. The lowest BCUT2D eigenvalue weighted by Crippen LogP contribution is -2.37. The van der Waals surface area contributed by atoms with E-state index in [0.29, 0.717) is 6.54 Å². The molecule has 1 N–H and O–H groups in total. The lowest BCUT2D eigenvalue weighted by Gasteiger charge is -2.33. The summed E-state index contributed by atoms with van der Waals surface area (Å²) in [5, 5.41) is 7.27. The fourth-order valence-corrected chi connectivity index (χ4v) is 4.74. The van der Waals surface area contributed by atoms with Crippen LogP contribution in [-0.2, 0) is 6.42 Å². The Balaban J connectivity index is 1.50. The van der Waals surface area contributed by atoms with Crippen molar-refractivity contribution in [3.63, 3.8) is 0 Å². The molecule has 9 heteroatoms. The van der Waals surface area contributed by atoms with Crippen LogP contribution in [0.15, 0.2) is 59.1 Å². The smallest absolute Gasteiger partial charge is 0.363 e. The van der Waals surface area contributed by atoms with Crippen molar-refractivity contribution in [2.75, 3.05) is 16.8 Å². The molecule has 166 valence electrons. The van der Waals surface area contributed by atoms with Gasteiger partial charge in [-0.2, -0.15) is 18.3 Å². The van der Waals surface area contributed by atoms with Gasteiger partial charge in [0.1, 0.15) is 5.82 Å². The minimum Gasteiger partial charge on any atom is -0.363 e. The molecule has 5 nitrogen and oxygen atoms in total. The van der Waals surface area contributed by atoms with Crippen LogP contribution in [-0.4, -0.2) is 28.4 Å². The normalized spacial score (nSPS) is 20.3. The Bertz CT molecular complexity index is 1160. The van der Waals surface area contributed by atoms with Crippen molar-refractivity contribution in [3.05, 3.63) is 75.9 Å². The summed E-state index contributed by atoms with van der Waals surface area (Å²) in [5.41, 5.74) is 2.60. The second kappa shape index (κ2) is 7.95. The standard InChI is InChI=1S/C23H20BrF3N4O/c24-16-9-7-14(8-10-16)17-12-20(23(25,26)27)31-21(28-17)13-18(29-31)22(32)30-11-3-5-15-4-1-2-6-19(15)30/h1-2,4,6-10,13,17,20,28H,3,5,11-12H2. The number of alkyl halides is 3. The molecule has 2 aliphatic rings. The molecule has 5 rings (SSSR count). The fraction of sp³-hybridized carbons (Fsp3) is 0.304. The van der Waals surface area contributed by atoms with Crippen LogP contribution in [0.2, 0.25) is 0 Å². The minimum absolute atomic E-state index is 0.00918. The van der Waals surface area contributed by atoms with Crippen molar-refractivity contribution >= 4 is 33.3 Å². The van der Waals surface area contributed by atoms with E-state index in [-0.39, 0.29) is 23.8 Å². The van der Waals surface area contributed by atoms with E-state index in [1.165, 1.54) is 6.07 Å². The predicted molar refractivity (Wildman–Crippen MR) is 119 cm³/mol. The average molecular weight is 505 g/mol. The second-order valence-electron chi connectivity index (χ2n) is 8.09. The minimum atomic E-state index is -4.49. The molecule has 1 aromatic heterocycles. The van der Waals surface area contributed by atoms with Gasteiger partial charge in [0.2, 0.25) is 0 Å². The maximum absolute atomic E-state index is 13.9. The Labute approximate surface area is 191 Å². The number of rotatable bonds is 2. The van der Waals surface area contributed by atoms with E-state index < -0.39 is 18.3 Å². The summed E-state index contributed by atoms with van der Waals surface area (Å²) in [6, 6.07) is 13.9. The van der Waals surface area contributed by atoms with Gasteiger partial charge in [-0.3, -0.25) is 4.79 Å². The molecule has 0 saturated heterocycles. The molecule has 1 amide bonds. The lowest BCUT2D eigenvalue weighted by molar-refractivity contribution is -0.173. The summed E-state index contributed by atoms with van der Waals surface area (Å²) in [6.45, 7) is 0.510. The third kappa shape index (κ3) is 3.79. The summed E-state index contributed by atoms with van der Waals surface area (Å²) in [7, 11) is 0. The predicted octanol–water partition coefficient (Wildman–Crippen LogP) is 5.90. The molecule has 2 aromatic carbocycles. The summed E-state index contributed by atoms with van der Waals surface area (Å²) in [4.78, 5) is 14.9. The fourth-order valence-electron chi connectivity index (χ4n) is 4.47. The topological polar surface area (TPSA) is 50.2 Å². The quantitative estimate of drug-likeness (QED) is 0.472. The highest BCUT2D eigenvalue weighted by Crippen LogP contribution is 2.44. The van der Waals surface area contributed by atoms with Crippen molar-refractivity contribution in [2.45, 2.75) is 37.5 Å². The van der Waals surface area contributed by atoms with E-state index in [1.807, 2.05) is 24.3 Å². The molecule has 0 saturated carbocycles. The highest BCUT2D eigenvalue weighted by atomic mass is 79.9. The number of carbonyl (C=O) groups excluding carboxylic acids is 1. The third-order valence-electron chi connectivity index (χ3n) is 6.04. The van der Waals surface area contributed by atoms with Gasteiger partial charge >= 0.3 is 6.18 Å². The molecule has 0 fully saturated rings. The molecular formula is C23H20BrF3N4O. The zero-order valence-electron chi connectivity index (χ0n) is 16.9. The number of hydrogen-bond acceptors (Lipinski definition) is 3. The number of para-hydroxylation sites is 1. The van der Waals surface area contributed by atoms with Crippen molar-refractivity contribution in [2.24, 2.45) is 0 Å². The van der Waals surface area contributed by atoms with E-state index in [2.05, 4.69) is 26.3 Å². The Hall–Kier alpha value is -2.81. The van der Waals surface area contributed by atoms with E-state index in [9.17, 15) is 18.0 Å². The molecule has 0 aliphatic carbocycles. The van der Waals surface area contributed by atoms with Gasteiger partial charge in [-0.15, -0.1) is 0 Å². The number of carbonyl (C=O) groups is 1.